The molecule has 2 amide bonds. The first-order chi connectivity index (χ1) is 15.5. The highest BCUT2D eigenvalue weighted by Gasteiger charge is 2.33. The molecule has 3 heterocycles. The van der Waals surface area contributed by atoms with Crippen molar-refractivity contribution in [3.63, 3.8) is 0 Å². The van der Waals surface area contributed by atoms with E-state index >= 15 is 0 Å². The molecule has 1 aliphatic heterocycles. The van der Waals surface area contributed by atoms with Gasteiger partial charge >= 0.3 is 12.0 Å². The lowest BCUT2D eigenvalue weighted by molar-refractivity contribution is -0.139. The first-order valence-corrected chi connectivity index (χ1v) is 11.7. The fourth-order valence-electron chi connectivity index (χ4n) is 3.30. The molecule has 0 fully saturated rings. The summed E-state index contributed by atoms with van der Waals surface area (Å²) in [6.07, 6.45) is 0. The van der Waals surface area contributed by atoms with Gasteiger partial charge in [-0.25, -0.2) is 14.6 Å². The van der Waals surface area contributed by atoms with Crippen LogP contribution in [0, 0.1) is 13.8 Å². The summed E-state index contributed by atoms with van der Waals surface area (Å²) in [6.45, 7) is 5.77. The number of carbonyl (C=O) groups excluding carboxylic acids is 2. The monoisotopic (exact) mass is 471 g/mol. The number of nitrogens with one attached hydrogen (secondary N) is 2. The summed E-state index contributed by atoms with van der Waals surface area (Å²) in [4.78, 5) is 30.4. The molecule has 2 aromatic heterocycles. The Morgan fingerprint density at radius 3 is 2.72 bits per heavy atom. The second-order valence-electron chi connectivity index (χ2n) is 6.86. The lowest BCUT2D eigenvalue weighted by atomic mass is 9.95. The number of carbonyl (C=O) groups is 2. The van der Waals surface area contributed by atoms with E-state index in [4.69, 9.17) is 9.15 Å². The van der Waals surface area contributed by atoms with Crippen LogP contribution in [0.4, 0.5) is 4.79 Å². The Morgan fingerprint density at radius 1 is 1.25 bits per heavy atom. The van der Waals surface area contributed by atoms with E-state index in [-0.39, 0.29) is 12.4 Å². The Morgan fingerprint density at radius 2 is 2.03 bits per heavy atom. The molecule has 1 aliphatic rings. The molecule has 0 aliphatic carbocycles. The SMILES string of the molecule is CCOC(=O)C1=C(CSc2nnc(-c3sc(C)nc3C)o2)NC(=O)NC1c1ccccc1. The number of ether oxygens (including phenoxy) is 1. The van der Waals surface area contributed by atoms with Gasteiger partial charge in [-0.3, -0.25) is 0 Å². The quantitative estimate of drug-likeness (QED) is 0.395. The van der Waals surface area contributed by atoms with Crippen molar-refractivity contribution >= 4 is 35.1 Å². The van der Waals surface area contributed by atoms with E-state index in [1.807, 2.05) is 44.2 Å². The van der Waals surface area contributed by atoms with Gasteiger partial charge in [0.15, 0.2) is 0 Å². The second-order valence-corrected chi connectivity index (χ2v) is 8.99. The van der Waals surface area contributed by atoms with Gasteiger partial charge in [0.2, 0.25) is 0 Å². The third kappa shape index (κ3) is 4.68. The minimum Gasteiger partial charge on any atom is -0.463 e. The fraction of sp³-hybridized carbons (Fsp3) is 0.286. The Hall–Kier alpha value is -3.18. The summed E-state index contributed by atoms with van der Waals surface area (Å²) in [5, 5.41) is 15.0. The molecule has 0 spiro atoms. The van der Waals surface area contributed by atoms with Crippen LogP contribution in [-0.2, 0) is 9.53 Å². The maximum absolute atomic E-state index is 12.8. The van der Waals surface area contributed by atoms with E-state index in [2.05, 4.69) is 25.8 Å². The molecule has 1 atom stereocenters. The van der Waals surface area contributed by atoms with E-state index in [0.29, 0.717) is 22.4 Å². The number of esters is 1. The van der Waals surface area contributed by atoms with E-state index in [0.717, 1.165) is 21.1 Å². The van der Waals surface area contributed by atoms with Gasteiger partial charge in [-0.05, 0) is 26.3 Å². The molecule has 0 radical (unpaired) electrons. The Bertz CT molecular complexity index is 1170. The lowest BCUT2D eigenvalue weighted by Crippen LogP contribution is -2.46. The van der Waals surface area contributed by atoms with Gasteiger partial charge in [0.1, 0.15) is 4.88 Å². The summed E-state index contributed by atoms with van der Waals surface area (Å²) in [5.41, 5.74) is 2.40. The Balaban J connectivity index is 1.61. The number of nitrogens with zero attached hydrogens (tertiary/aromatic N) is 3. The number of benzene rings is 1. The molecule has 0 saturated carbocycles. The van der Waals surface area contributed by atoms with Gasteiger partial charge in [0.25, 0.3) is 11.1 Å². The Kier molecular flexibility index (Phi) is 6.56. The van der Waals surface area contributed by atoms with Gasteiger partial charge < -0.3 is 19.8 Å². The minimum atomic E-state index is -0.624. The smallest absolute Gasteiger partial charge is 0.338 e. The van der Waals surface area contributed by atoms with Gasteiger partial charge in [-0.1, -0.05) is 42.1 Å². The van der Waals surface area contributed by atoms with Crippen LogP contribution >= 0.6 is 23.1 Å². The zero-order valence-corrected chi connectivity index (χ0v) is 19.3. The van der Waals surface area contributed by atoms with Crippen molar-refractivity contribution in [2.45, 2.75) is 32.0 Å². The number of thiazole rings is 1. The summed E-state index contributed by atoms with van der Waals surface area (Å²) < 4.78 is 11.1. The molecule has 4 rings (SSSR count). The number of thioether (sulfide) groups is 1. The molecular weight excluding hydrogens is 450 g/mol. The number of hydrogen-bond donors (Lipinski definition) is 2. The van der Waals surface area contributed by atoms with Crippen LogP contribution in [-0.4, -0.2) is 39.5 Å². The molecule has 11 heteroatoms. The summed E-state index contributed by atoms with van der Waals surface area (Å²) >= 11 is 2.71. The third-order valence-corrected chi connectivity index (χ3v) is 6.53. The molecule has 2 N–H and O–H groups in total. The fourth-order valence-corrected chi connectivity index (χ4v) is 4.87. The molecule has 0 bridgehead atoms. The number of rotatable bonds is 7. The van der Waals surface area contributed by atoms with Crippen LogP contribution in [0.1, 0.15) is 29.2 Å². The highest BCUT2D eigenvalue weighted by Crippen LogP contribution is 2.33. The largest absolute Gasteiger partial charge is 0.463 e. The Labute approximate surface area is 192 Å². The predicted molar refractivity (Wildman–Crippen MR) is 120 cm³/mol. The number of hydrogen-bond acceptors (Lipinski definition) is 9. The third-order valence-electron chi connectivity index (χ3n) is 4.63. The average Bonchev–Trinajstić information content (AvgIpc) is 3.38. The van der Waals surface area contributed by atoms with Crippen molar-refractivity contribution < 1.29 is 18.7 Å². The molecule has 9 nitrogen and oxygen atoms in total. The van der Waals surface area contributed by atoms with Crippen LogP contribution in [0.25, 0.3) is 10.8 Å². The van der Waals surface area contributed by atoms with Crippen LogP contribution in [0.5, 0.6) is 0 Å². The topological polar surface area (TPSA) is 119 Å². The standard InChI is InChI=1S/C21H21N5O4S2/c1-4-29-19(27)15-14(23-20(28)24-16(15)13-8-6-5-7-9-13)10-31-21-26-25-18(30-21)17-11(2)22-12(3)32-17/h5-9,16H,4,10H2,1-3H3,(H2,23,24,28). The number of urea groups is 1. The van der Waals surface area contributed by atoms with Gasteiger partial charge in [0, 0.05) is 11.4 Å². The molecule has 3 aromatic rings. The zero-order chi connectivity index (χ0) is 22.7. The van der Waals surface area contributed by atoms with Crippen LogP contribution < -0.4 is 10.6 Å². The molecule has 0 saturated heterocycles. The molecule has 1 aromatic carbocycles. The average molecular weight is 472 g/mol. The zero-order valence-electron chi connectivity index (χ0n) is 17.7. The van der Waals surface area contributed by atoms with Crippen LogP contribution in [0.2, 0.25) is 0 Å². The number of aromatic nitrogens is 3. The van der Waals surface area contributed by atoms with Gasteiger partial charge in [-0.2, -0.15) is 0 Å². The van der Waals surface area contributed by atoms with Crippen molar-refractivity contribution in [1.82, 2.24) is 25.8 Å². The van der Waals surface area contributed by atoms with E-state index in [9.17, 15) is 9.59 Å². The second kappa shape index (κ2) is 9.53. The molecule has 166 valence electrons. The lowest BCUT2D eigenvalue weighted by Gasteiger charge is -2.29. The number of aryl methyl sites for hydroxylation is 2. The van der Waals surface area contributed by atoms with Crippen molar-refractivity contribution in [2.24, 2.45) is 0 Å². The van der Waals surface area contributed by atoms with Crippen LogP contribution in [0.15, 0.2) is 51.2 Å². The minimum absolute atomic E-state index is 0.221. The van der Waals surface area contributed by atoms with Crippen molar-refractivity contribution in [3.8, 4) is 10.8 Å². The van der Waals surface area contributed by atoms with Crippen LogP contribution in [0.3, 0.4) is 0 Å². The van der Waals surface area contributed by atoms with E-state index < -0.39 is 18.0 Å². The molecule has 32 heavy (non-hydrogen) atoms. The summed E-state index contributed by atoms with van der Waals surface area (Å²) in [5.74, 6) is 0.144. The first-order valence-electron chi connectivity index (χ1n) is 9.89. The maximum atomic E-state index is 12.8. The van der Waals surface area contributed by atoms with E-state index in [1.54, 1.807) is 6.92 Å². The summed E-state index contributed by atoms with van der Waals surface area (Å²) in [7, 11) is 0. The molecule has 1 unspecified atom stereocenters. The van der Waals surface area contributed by atoms with Crippen molar-refractivity contribution in [2.75, 3.05) is 12.4 Å². The maximum Gasteiger partial charge on any atom is 0.338 e. The number of amides is 2. The van der Waals surface area contributed by atoms with Crippen molar-refractivity contribution in [3.05, 3.63) is 57.9 Å². The normalized spacial score (nSPS) is 16.0. The highest BCUT2D eigenvalue weighted by molar-refractivity contribution is 7.99. The predicted octanol–water partition coefficient (Wildman–Crippen LogP) is 3.77. The summed E-state index contributed by atoms with van der Waals surface area (Å²) in [6, 6.07) is 8.25. The van der Waals surface area contributed by atoms with Crippen molar-refractivity contribution in [1.29, 1.82) is 0 Å². The van der Waals surface area contributed by atoms with Gasteiger partial charge in [0.05, 0.1) is 28.9 Å². The van der Waals surface area contributed by atoms with Gasteiger partial charge in [-0.15, -0.1) is 21.5 Å². The molecular formula is C21H21N5O4S2. The highest BCUT2D eigenvalue weighted by atomic mass is 32.2. The van der Waals surface area contributed by atoms with E-state index in [1.165, 1.54) is 23.1 Å². The first kappa shape index (κ1) is 22.0.